The molecule has 1 fully saturated rings. The molecule has 0 aliphatic heterocycles. The van der Waals surface area contributed by atoms with Gasteiger partial charge in [-0.1, -0.05) is 6.07 Å². The Morgan fingerprint density at radius 3 is 2.41 bits per heavy atom. The molecule has 0 spiro atoms. The highest BCUT2D eigenvalue weighted by Gasteiger charge is 2.46. The quantitative estimate of drug-likeness (QED) is 0.857. The molecule has 0 radical (unpaired) electrons. The topological polar surface area (TPSA) is 44.5 Å². The smallest absolute Gasteiger partial charge is 0.161 e. The van der Waals surface area contributed by atoms with Crippen LogP contribution in [0, 0.1) is 5.92 Å². The van der Waals surface area contributed by atoms with Crippen molar-refractivity contribution < 1.29 is 13.9 Å². The first-order valence-corrected chi connectivity index (χ1v) is 5.77. The maximum Gasteiger partial charge on any atom is 0.161 e. The van der Waals surface area contributed by atoms with E-state index in [9.17, 15) is 4.39 Å². The first-order valence-electron chi connectivity index (χ1n) is 5.77. The lowest BCUT2D eigenvalue weighted by Crippen LogP contribution is -2.32. The van der Waals surface area contributed by atoms with Gasteiger partial charge in [0, 0.05) is 6.54 Å². The summed E-state index contributed by atoms with van der Waals surface area (Å²) in [6, 6.07) is 5.14. The van der Waals surface area contributed by atoms with Gasteiger partial charge < -0.3 is 15.2 Å². The molecule has 0 amide bonds. The van der Waals surface area contributed by atoms with Gasteiger partial charge in [-0.3, -0.25) is 0 Å². The lowest BCUT2D eigenvalue weighted by molar-refractivity contribution is 0.142. The number of benzene rings is 1. The van der Waals surface area contributed by atoms with Crippen molar-refractivity contribution >= 4 is 0 Å². The molecule has 0 saturated heterocycles. The number of alkyl halides is 1. The van der Waals surface area contributed by atoms with Crippen LogP contribution in [0.1, 0.15) is 18.4 Å². The predicted octanol–water partition coefficient (Wildman–Crippen LogP) is 2.24. The van der Waals surface area contributed by atoms with Gasteiger partial charge in [0.2, 0.25) is 0 Å². The lowest BCUT2D eigenvalue weighted by atomic mass is 9.90. The van der Waals surface area contributed by atoms with E-state index in [-0.39, 0.29) is 12.5 Å². The molecule has 2 rings (SSSR count). The van der Waals surface area contributed by atoms with Crippen LogP contribution >= 0.6 is 0 Å². The number of hydrogen-bond donors (Lipinski definition) is 1. The summed E-state index contributed by atoms with van der Waals surface area (Å²) >= 11 is 0. The Hall–Kier alpha value is -1.29. The van der Waals surface area contributed by atoms with Gasteiger partial charge in [0.25, 0.3) is 0 Å². The maximum atomic E-state index is 14.8. The molecule has 94 valence electrons. The van der Waals surface area contributed by atoms with Crippen molar-refractivity contribution in [1.29, 1.82) is 0 Å². The van der Waals surface area contributed by atoms with Crippen molar-refractivity contribution in [2.75, 3.05) is 20.8 Å². The molecule has 17 heavy (non-hydrogen) atoms. The fraction of sp³-hybridized carbons (Fsp3) is 0.538. The molecular weight excluding hydrogens is 221 g/mol. The molecule has 2 N–H and O–H groups in total. The Labute approximate surface area is 101 Å². The standard InChI is InChI=1S/C13H18FNO2/c1-16-11-6-5-10(7-12(11)17-2)13(14,8-15)9-3-4-9/h5-7,9H,3-4,8,15H2,1-2H3. The Balaban J connectivity index is 2.38. The fourth-order valence-electron chi connectivity index (χ4n) is 2.16. The second-order valence-corrected chi connectivity index (χ2v) is 4.41. The number of halogens is 1. The van der Waals surface area contributed by atoms with Gasteiger partial charge in [0.15, 0.2) is 17.2 Å². The third kappa shape index (κ3) is 2.09. The molecule has 0 bridgehead atoms. The third-order valence-corrected chi connectivity index (χ3v) is 3.38. The van der Waals surface area contributed by atoms with Crippen LogP contribution in [0.15, 0.2) is 18.2 Å². The van der Waals surface area contributed by atoms with Gasteiger partial charge in [-0.05, 0) is 36.5 Å². The minimum atomic E-state index is -1.43. The molecule has 0 heterocycles. The monoisotopic (exact) mass is 239 g/mol. The zero-order valence-corrected chi connectivity index (χ0v) is 10.2. The van der Waals surface area contributed by atoms with E-state index in [1.165, 1.54) is 0 Å². The van der Waals surface area contributed by atoms with E-state index >= 15 is 0 Å². The first kappa shape index (κ1) is 12.2. The minimum absolute atomic E-state index is 0.00709. The van der Waals surface area contributed by atoms with Gasteiger partial charge in [-0.2, -0.15) is 0 Å². The van der Waals surface area contributed by atoms with Crippen molar-refractivity contribution in [3.8, 4) is 11.5 Å². The zero-order valence-electron chi connectivity index (χ0n) is 10.2. The van der Waals surface area contributed by atoms with E-state index in [1.807, 2.05) is 0 Å². The highest BCUT2D eigenvalue weighted by atomic mass is 19.1. The second kappa shape index (κ2) is 4.53. The van der Waals surface area contributed by atoms with E-state index in [4.69, 9.17) is 15.2 Å². The van der Waals surface area contributed by atoms with E-state index in [2.05, 4.69) is 0 Å². The molecule has 1 unspecified atom stereocenters. The van der Waals surface area contributed by atoms with Gasteiger partial charge in [-0.25, -0.2) is 4.39 Å². The zero-order chi connectivity index (χ0) is 12.5. The molecule has 1 aromatic carbocycles. The van der Waals surface area contributed by atoms with Crippen molar-refractivity contribution in [3.63, 3.8) is 0 Å². The average molecular weight is 239 g/mol. The predicted molar refractivity (Wildman–Crippen MR) is 64.1 cm³/mol. The van der Waals surface area contributed by atoms with Crippen molar-refractivity contribution in [3.05, 3.63) is 23.8 Å². The summed E-state index contributed by atoms with van der Waals surface area (Å²) in [7, 11) is 3.10. The molecule has 0 aromatic heterocycles. The fourth-order valence-corrected chi connectivity index (χ4v) is 2.16. The lowest BCUT2D eigenvalue weighted by Gasteiger charge is -2.24. The molecule has 1 aromatic rings. The molecule has 1 aliphatic carbocycles. The summed E-state index contributed by atoms with van der Waals surface area (Å²) in [5.74, 6) is 1.19. The first-order chi connectivity index (χ1) is 8.15. The summed E-state index contributed by atoms with van der Waals surface area (Å²) < 4.78 is 25.1. The molecule has 4 heteroatoms. The van der Waals surface area contributed by atoms with E-state index < -0.39 is 5.67 Å². The average Bonchev–Trinajstić information content (AvgIpc) is 3.21. The molecule has 1 aliphatic rings. The Morgan fingerprint density at radius 2 is 1.94 bits per heavy atom. The van der Waals surface area contributed by atoms with Gasteiger partial charge in [-0.15, -0.1) is 0 Å². The number of methoxy groups -OCH3 is 2. The number of hydrogen-bond acceptors (Lipinski definition) is 3. The molecular formula is C13H18FNO2. The summed E-state index contributed by atoms with van der Waals surface area (Å²) in [5, 5.41) is 0. The van der Waals surface area contributed by atoms with Crippen LogP contribution in [0.3, 0.4) is 0 Å². The van der Waals surface area contributed by atoms with Crippen LogP contribution in [0.4, 0.5) is 4.39 Å². The van der Waals surface area contributed by atoms with Crippen LogP contribution in [0.25, 0.3) is 0 Å². The normalized spacial score (nSPS) is 18.6. The van der Waals surface area contributed by atoms with E-state index in [1.54, 1.807) is 32.4 Å². The molecule has 1 saturated carbocycles. The highest BCUT2D eigenvalue weighted by molar-refractivity contribution is 5.45. The third-order valence-electron chi connectivity index (χ3n) is 3.38. The van der Waals surface area contributed by atoms with Gasteiger partial charge in [0.1, 0.15) is 0 Å². The number of nitrogens with two attached hydrogens (primary N) is 1. The maximum absolute atomic E-state index is 14.8. The Bertz CT molecular complexity index is 406. The largest absolute Gasteiger partial charge is 0.493 e. The molecule has 3 nitrogen and oxygen atoms in total. The highest BCUT2D eigenvalue weighted by Crippen LogP contribution is 2.49. The summed E-state index contributed by atoms with van der Waals surface area (Å²) in [4.78, 5) is 0. The molecule has 1 atom stereocenters. The SMILES string of the molecule is COc1ccc(C(F)(CN)C2CC2)cc1OC. The van der Waals surface area contributed by atoms with Crippen molar-refractivity contribution in [2.24, 2.45) is 11.7 Å². The Morgan fingerprint density at radius 1 is 1.29 bits per heavy atom. The van der Waals surface area contributed by atoms with Crippen molar-refractivity contribution in [2.45, 2.75) is 18.5 Å². The minimum Gasteiger partial charge on any atom is -0.493 e. The van der Waals surface area contributed by atoms with Crippen LogP contribution in [0.2, 0.25) is 0 Å². The summed E-state index contributed by atoms with van der Waals surface area (Å²) in [6.07, 6.45) is 1.81. The van der Waals surface area contributed by atoms with Gasteiger partial charge >= 0.3 is 0 Å². The number of ether oxygens (including phenoxy) is 2. The van der Waals surface area contributed by atoms with E-state index in [0.717, 1.165) is 12.8 Å². The Kier molecular flexibility index (Phi) is 3.24. The summed E-state index contributed by atoms with van der Waals surface area (Å²) in [6.45, 7) is 0.00709. The van der Waals surface area contributed by atoms with Crippen LogP contribution in [0.5, 0.6) is 11.5 Å². The number of rotatable bonds is 5. The second-order valence-electron chi connectivity index (χ2n) is 4.41. The van der Waals surface area contributed by atoms with Crippen LogP contribution in [-0.4, -0.2) is 20.8 Å². The van der Waals surface area contributed by atoms with Gasteiger partial charge in [0.05, 0.1) is 14.2 Å². The van der Waals surface area contributed by atoms with Crippen molar-refractivity contribution in [1.82, 2.24) is 0 Å². The van der Waals surface area contributed by atoms with E-state index in [0.29, 0.717) is 17.1 Å². The van der Waals surface area contributed by atoms with Crippen LogP contribution < -0.4 is 15.2 Å². The van der Waals surface area contributed by atoms with Crippen LogP contribution in [-0.2, 0) is 5.67 Å². The summed E-state index contributed by atoms with van der Waals surface area (Å²) in [5.41, 5.74) is 4.75.